The van der Waals surface area contributed by atoms with E-state index >= 15 is 0 Å². The Morgan fingerprint density at radius 1 is 1.38 bits per heavy atom. The number of H-pyrrole nitrogens is 1. The third kappa shape index (κ3) is 1.35. The van der Waals surface area contributed by atoms with Crippen molar-refractivity contribution in [1.29, 1.82) is 0 Å². The van der Waals surface area contributed by atoms with Gasteiger partial charge in [-0.05, 0) is 0 Å². The molecule has 0 saturated carbocycles. The Hall–Kier alpha value is -2.24. The molecule has 6 heteroatoms. The van der Waals surface area contributed by atoms with Crippen LogP contribution < -0.4 is 20.8 Å². The molecule has 0 aliphatic heterocycles. The van der Waals surface area contributed by atoms with E-state index in [0.717, 1.165) is 0 Å². The van der Waals surface area contributed by atoms with Gasteiger partial charge in [-0.15, -0.1) is 0 Å². The van der Waals surface area contributed by atoms with Crippen LogP contribution in [0.4, 0.5) is 5.69 Å². The fraction of sp³-hybridized carbons (Fsp3) is 0.200. The largest absolute Gasteiger partial charge is 0.493 e. The van der Waals surface area contributed by atoms with Crippen LogP contribution in [0, 0.1) is 0 Å². The number of hydrogen-bond donors (Lipinski definition) is 2. The van der Waals surface area contributed by atoms with Gasteiger partial charge < -0.3 is 20.2 Å². The van der Waals surface area contributed by atoms with Crippen LogP contribution in [-0.4, -0.2) is 24.2 Å². The lowest BCUT2D eigenvalue weighted by Gasteiger charge is -2.10. The van der Waals surface area contributed by atoms with E-state index < -0.39 is 0 Å². The molecule has 0 atom stereocenters. The molecule has 84 valence electrons. The van der Waals surface area contributed by atoms with E-state index in [1.165, 1.54) is 26.6 Å². The maximum absolute atomic E-state index is 11.6. The molecular formula is C10H11N3O3. The first-order valence-corrected chi connectivity index (χ1v) is 4.57. The van der Waals surface area contributed by atoms with Crippen LogP contribution in [0.5, 0.6) is 11.5 Å². The van der Waals surface area contributed by atoms with Gasteiger partial charge >= 0.3 is 0 Å². The molecule has 0 unspecified atom stereocenters. The van der Waals surface area contributed by atoms with E-state index in [1.807, 2.05) is 0 Å². The van der Waals surface area contributed by atoms with E-state index in [9.17, 15) is 4.79 Å². The first-order chi connectivity index (χ1) is 7.69. The SMILES string of the molecule is COc1cc(N)c2c(=O)[nH]cnc2c1OC. The maximum Gasteiger partial charge on any atom is 0.260 e. The minimum atomic E-state index is -0.302. The molecule has 0 amide bonds. The van der Waals surface area contributed by atoms with Crippen LogP contribution in [0.15, 0.2) is 17.2 Å². The van der Waals surface area contributed by atoms with E-state index in [2.05, 4.69) is 9.97 Å². The number of hydrogen-bond acceptors (Lipinski definition) is 5. The number of nitrogens with zero attached hydrogens (tertiary/aromatic N) is 1. The molecule has 2 aromatic rings. The average molecular weight is 221 g/mol. The van der Waals surface area contributed by atoms with Crippen molar-refractivity contribution in [2.45, 2.75) is 0 Å². The number of benzene rings is 1. The van der Waals surface area contributed by atoms with Gasteiger partial charge in [-0.25, -0.2) is 4.98 Å². The van der Waals surface area contributed by atoms with Crippen molar-refractivity contribution in [2.75, 3.05) is 20.0 Å². The Kier molecular flexibility index (Phi) is 2.40. The van der Waals surface area contributed by atoms with Gasteiger partial charge in [0, 0.05) is 6.07 Å². The van der Waals surface area contributed by atoms with E-state index in [1.54, 1.807) is 0 Å². The molecule has 1 aromatic carbocycles. The molecule has 2 rings (SSSR count). The summed E-state index contributed by atoms with van der Waals surface area (Å²) in [5, 5.41) is 0.306. The summed E-state index contributed by atoms with van der Waals surface area (Å²) in [5.74, 6) is 0.850. The average Bonchev–Trinajstić information content (AvgIpc) is 2.28. The smallest absolute Gasteiger partial charge is 0.260 e. The summed E-state index contributed by atoms with van der Waals surface area (Å²) >= 11 is 0. The summed E-state index contributed by atoms with van der Waals surface area (Å²) in [5.41, 5.74) is 6.16. The van der Waals surface area contributed by atoms with Crippen molar-refractivity contribution in [3.05, 3.63) is 22.7 Å². The minimum absolute atomic E-state index is 0.302. The fourth-order valence-corrected chi connectivity index (χ4v) is 1.58. The number of aromatic nitrogens is 2. The van der Waals surface area contributed by atoms with Gasteiger partial charge in [0.2, 0.25) is 0 Å². The first kappa shape index (κ1) is 10.3. The highest BCUT2D eigenvalue weighted by molar-refractivity contribution is 5.95. The number of fused-ring (bicyclic) bond motifs is 1. The second-order valence-electron chi connectivity index (χ2n) is 3.16. The molecule has 6 nitrogen and oxygen atoms in total. The predicted octanol–water partition coefficient (Wildman–Crippen LogP) is 0.523. The molecule has 0 fully saturated rings. The number of nitrogens with one attached hydrogen (secondary N) is 1. The topological polar surface area (TPSA) is 90.2 Å². The van der Waals surface area contributed by atoms with Crippen molar-refractivity contribution < 1.29 is 9.47 Å². The Labute approximate surface area is 91.0 Å². The van der Waals surface area contributed by atoms with Crippen LogP contribution in [0.2, 0.25) is 0 Å². The zero-order chi connectivity index (χ0) is 11.7. The van der Waals surface area contributed by atoms with Crippen molar-refractivity contribution in [3.8, 4) is 11.5 Å². The number of ether oxygens (including phenoxy) is 2. The predicted molar refractivity (Wildman–Crippen MR) is 59.9 cm³/mol. The quantitative estimate of drug-likeness (QED) is 0.721. The van der Waals surface area contributed by atoms with Gasteiger partial charge in [0.25, 0.3) is 5.56 Å². The van der Waals surface area contributed by atoms with Crippen LogP contribution in [0.25, 0.3) is 10.9 Å². The van der Waals surface area contributed by atoms with Crippen molar-refractivity contribution >= 4 is 16.6 Å². The maximum atomic E-state index is 11.6. The summed E-state index contributed by atoms with van der Waals surface area (Å²) in [6.45, 7) is 0. The van der Waals surface area contributed by atoms with Crippen LogP contribution in [-0.2, 0) is 0 Å². The Morgan fingerprint density at radius 2 is 2.12 bits per heavy atom. The third-order valence-corrected chi connectivity index (χ3v) is 2.29. The summed E-state index contributed by atoms with van der Waals surface area (Å²) in [4.78, 5) is 18.1. The minimum Gasteiger partial charge on any atom is -0.493 e. The first-order valence-electron chi connectivity index (χ1n) is 4.57. The fourth-order valence-electron chi connectivity index (χ4n) is 1.58. The number of methoxy groups -OCH3 is 2. The third-order valence-electron chi connectivity index (χ3n) is 2.29. The zero-order valence-electron chi connectivity index (χ0n) is 8.90. The highest BCUT2D eigenvalue weighted by Crippen LogP contribution is 2.35. The molecule has 0 spiro atoms. The summed E-state index contributed by atoms with van der Waals surface area (Å²) in [6.07, 6.45) is 1.30. The molecule has 0 aliphatic carbocycles. The van der Waals surface area contributed by atoms with E-state index in [4.69, 9.17) is 15.2 Å². The molecule has 0 saturated heterocycles. The van der Waals surface area contributed by atoms with Gasteiger partial charge in [-0.1, -0.05) is 0 Å². The lowest BCUT2D eigenvalue weighted by atomic mass is 10.2. The van der Waals surface area contributed by atoms with Gasteiger partial charge in [-0.3, -0.25) is 4.79 Å². The molecule has 1 aromatic heterocycles. The zero-order valence-corrected chi connectivity index (χ0v) is 8.90. The lowest BCUT2D eigenvalue weighted by molar-refractivity contribution is 0.358. The number of nitrogens with two attached hydrogens (primary N) is 1. The van der Waals surface area contributed by atoms with Gasteiger partial charge in [-0.2, -0.15) is 0 Å². The second-order valence-corrected chi connectivity index (χ2v) is 3.16. The van der Waals surface area contributed by atoms with Crippen LogP contribution >= 0.6 is 0 Å². The number of aromatic amines is 1. The summed E-state index contributed by atoms with van der Waals surface area (Å²) < 4.78 is 10.3. The van der Waals surface area contributed by atoms with Crippen molar-refractivity contribution in [2.24, 2.45) is 0 Å². The number of anilines is 1. The van der Waals surface area contributed by atoms with Crippen LogP contribution in [0.3, 0.4) is 0 Å². The molecule has 1 heterocycles. The van der Waals surface area contributed by atoms with Gasteiger partial charge in [0.05, 0.1) is 31.6 Å². The Balaban J connectivity index is 2.97. The monoisotopic (exact) mass is 221 g/mol. The highest BCUT2D eigenvalue weighted by atomic mass is 16.5. The highest BCUT2D eigenvalue weighted by Gasteiger charge is 2.15. The molecule has 0 bridgehead atoms. The summed E-state index contributed by atoms with van der Waals surface area (Å²) in [6, 6.07) is 1.54. The standard InChI is InChI=1S/C10H11N3O3/c1-15-6-3-5(11)7-8(9(6)16-2)12-4-13-10(7)14/h3-4H,11H2,1-2H3,(H,12,13,14). The van der Waals surface area contributed by atoms with Crippen molar-refractivity contribution in [3.63, 3.8) is 0 Å². The number of rotatable bonds is 2. The molecule has 0 radical (unpaired) electrons. The summed E-state index contributed by atoms with van der Waals surface area (Å²) in [7, 11) is 2.98. The normalized spacial score (nSPS) is 10.4. The lowest BCUT2D eigenvalue weighted by Crippen LogP contribution is -2.10. The Bertz CT molecular complexity index is 592. The van der Waals surface area contributed by atoms with Gasteiger partial charge in [0.1, 0.15) is 5.52 Å². The van der Waals surface area contributed by atoms with Crippen LogP contribution in [0.1, 0.15) is 0 Å². The van der Waals surface area contributed by atoms with Crippen molar-refractivity contribution in [1.82, 2.24) is 9.97 Å². The van der Waals surface area contributed by atoms with E-state index in [-0.39, 0.29) is 5.56 Å². The molecule has 0 aliphatic rings. The van der Waals surface area contributed by atoms with Gasteiger partial charge in [0.15, 0.2) is 11.5 Å². The molecule has 16 heavy (non-hydrogen) atoms. The molecular weight excluding hydrogens is 210 g/mol. The Morgan fingerprint density at radius 3 is 2.75 bits per heavy atom. The second kappa shape index (κ2) is 3.73. The molecule has 3 N–H and O–H groups in total. The number of nitrogen functional groups attached to an aromatic ring is 1. The van der Waals surface area contributed by atoms with E-state index in [0.29, 0.717) is 28.1 Å².